The van der Waals surface area contributed by atoms with Crippen molar-refractivity contribution in [3.8, 4) is 5.75 Å². The third kappa shape index (κ3) is 4.05. The van der Waals surface area contributed by atoms with Gasteiger partial charge in [0.25, 0.3) is 5.56 Å². The van der Waals surface area contributed by atoms with E-state index in [9.17, 15) is 19.5 Å². The summed E-state index contributed by atoms with van der Waals surface area (Å²) in [5.74, 6) is -0.885. The zero-order chi connectivity index (χ0) is 15.4. The molecule has 2 rings (SSSR count). The number of nitrogens with one attached hydrogen (secondary N) is 1. The number of hydrogen-bond donors (Lipinski definition) is 2. The summed E-state index contributed by atoms with van der Waals surface area (Å²) in [5.41, 5.74) is -0.162. The fraction of sp³-hybridized carbons (Fsp3) is 0.333. The highest BCUT2D eigenvalue weighted by Gasteiger charge is 2.14. The second kappa shape index (κ2) is 6.72. The van der Waals surface area contributed by atoms with E-state index in [1.165, 1.54) is 11.3 Å². The molecule has 0 unspecified atom stereocenters. The maximum Gasteiger partial charge on any atom is 0.313 e. The number of hydrogen-bond acceptors (Lipinski definition) is 8. The first-order chi connectivity index (χ1) is 9.99. The second-order valence-corrected chi connectivity index (χ2v) is 6.21. The van der Waals surface area contributed by atoms with Crippen molar-refractivity contribution < 1.29 is 19.4 Å². The Balaban J connectivity index is 2.01. The Labute approximate surface area is 127 Å². The van der Waals surface area contributed by atoms with Gasteiger partial charge >= 0.3 is 5.97 Å². The number of aromatic hydroxyl groups is 1. The molecule has 2 aromatic heterocycles. The Bertz CT molecular complexity index is 737. The molecule has 0 bridgehead atoms. The van der Waals surface area contributed by atoms with Crippen molar-refractivity contribution in [2.45, 2.75) is 17.7 Å². The van der Waals surface area contributed by atoms with Crippen molar-refractivity contribution in [1.82, 2.24) is 9.97 Å². The van der Waals surface area contributed by atoms with Crippen LogP contribution < -0.4 is 5.56 Å². The van der Waals surface area contributed by atoms with E-state index in [4.69, 9.17) is 0 Å². The van der Waals surface area contributed by atoms with Gasteiger partial charge in [-0.2, -0.15) is 0 Å². The van der Waals surface area contributed by atoms with Gasteiger partial charge in [-0.25, -0.2) is 4.98 Å². The number of rotatable bonds is 6. The van der Waals surface area contributed by atoms with Gasteiger partial charge in [0.15, 0.2) is 15.8 Å². The largest absolute Gasteiger partial charge is 0.506 e. The number of Topliss-reactive ketones (excluding diaryl/α,β-unsaturated/α-hetero) is 1. The van der Waals surface area contributed by atoms with E-state index in [1.54, 1.807) is 6.92 Å². The molecule has 21 heavy (non-hydrogen) atoms. The molecular formula is C12H12N2O5S2. The average Bonchev–Trinajstić information content (AvgIpc) is 2.79. The topological polar surface area (TPSA) is 109 Å². The van der Waals surface area contributed by atoms with Crippen molar-refractivity contribution in [3.63, 3.8) is 0 Å². The number of H-pyrrole nitrogens is 1. The van der Waals surface area contributed by atoms with Crippen LogP contribution in [0.3, 0.4) is 0 Å². The van der Waals surface area contributed by atoms with E-state index < -0.39 is 11.5 Å². The number of thiazole rings is 1. The number of ether oxygens (including phenoxy) is 1. The molecule has 0 spiro atoms. The highest BCUT2D eigenvalue weighted by molar-refractivity contribution is 8.01. The van der Waals surface area contributed by atoms with Crippen LogP contribution in [-0.2, 0) is 14.3 Å². The molecule has 0 radical (unpaired) electrons. The first-order valence-corrected chi connectivity index (χ1v) is 7.82. The minimum atomic E-state index is -0.547. The molecule has 0 saturated carbocycles. The maximum atomic E-state index is 11.6. The van der Waals surface area contributed by atoms with Crippen LogP contribution in [0, 0.1) is 0 Å². The van der Waals surface area contributed by atoms with Gasteiger partial charge in [-0.1, -0.05) is 11.8 Å². The third-order valence-corrected chi connectivity index (χ3v) is 4.63. The van der Waals surface area contributed by atoms with E-state index in [1.807, 2.05) is 0 Å². The lowest BCUT2D eigenvalue weighted by Gasteiger charge is -1.99. The third-order valence-electron chi connectivity index (χ3n) is 2.35. The molecule has 0 aliphatic carbocycles. The van der Waals surface area contributed by atoms with Crippen LogP contribution in [-0.4, -0.2) is 39.2 Å². The monoisotopic (exact) mass is 328 g/mol. The summed E-state index contributed by atoms with van der Waals surface area (Å²) >= 11 is 2.31. The molecular weight excluding hydrogens is 316 g/mol. The van der Waals surface area contributed by atoms with E-state index in [-0.39, 0.29) is 36.0 Å². The van der Waals surface area contributed by atoms with Crippen LogP contribution in [0.5, 0.6) is 5.75 Å². The number of pyridine rings is 1. The van der Waals surface area contributed by atoms with Gasteiger partial charge in [0.2, 0.25) is 0 Å². The summed E-state index contributed by atoms with van der Waals surface area (Å²) < 4.78 is 5.67. The lowest BCUT2D eigenvalue weighted by molar-refractivity contribution is -0.145. The minimum absolute atomic E-state index is 0.0730. The van der Waals surface area contributed by atoms with Crippen LogP contribution in [0.15, 0.2) is 15.2 Å². The Hall–Kier alpha value is -1.87. The molecule has 9 heteroatoms. The summed E-state index contributed by atoms with van der Waals surface area (Å²) in [6, 6.07) is 1.07. The lowest BCUT2D eigenvalue weighted by Crippen LogP contribution is -2.12. The first kappa shape index (κ1) is 15.5. The van der Waals surface area contributed by atoms with Crippen molar-refractivity contribution in [2.75, 3.05) is 12.4 Å². The highest BCUT2D eigenvalue weighted by Crippen LogP contribution is 2.32. The van der Waals surface area contributed by atoms with Gasteiger partial charge in [-0.15, -0.1) is 11.3 Å². The Morgan fingerprint density at radius 3 is 3.00 bits per heavy atom. The predicted octanol–water partition coefficient (Wildman–Crippen LogP) is 1.30. The predicted molar refractivity (Wildman–Crippen MR) is 78.9 cm³/mol. The van der Waals surface area contributed by atoms with Crippen molar-refractivity contribution in [2.24, 2.45) is 0 Å². The first-order valence-electron chi connectivity index (χ1n) is 6.02. The van der Waals surface area contributed by atoms with Crippen LogP contribution in [0.1, 0.15) is 13.3 Å². The van der Waals surface area contributed by atoms with Gasteiger partial charge in [-0.05, 0) is 6.92 Å². The molecule has 0 aliphatic rings. The van der Waals surface area contributed by atoms with E-state index in [0.29, 0.717) is 9.04 Å². The number of aromatic amines is 1. The molecule has 0 atom stereocenters. The molecule has 0 amide bonds. The molecule has 2 aromatic rings. The molecule has 7 nitrogen and oxygen atoms in total. The van der Waals surface area contributed by atoms with Crippen LogP contribution in [0.4, 0.5) is 0 Å². The van der Waals surface area contributed by atoms with Crippen LogP contribution in [0.25, 0.3) is 10.3 Å². The number of thioether (sulfide) groups is 1. The molecule has 0 fully saturated rings. The number of nitrogens with zero attached hydrogens (tertiary/aromatic N) is 1. The average molecular weight is 328 g/mol. The summed E-state index contributed by atoms with van der Waals surface area (Å²) in [4.78, 5) is 40.6. The standard InChI is InChI=1S/C12H12N2O5S2/c1-2-19-9(18)3-6(15)5-20-12-14-11-10(21-12)7(16)4-8(17)13-11/h4H,2-3,5H2,1H3,(H2,13,16,17). The number of esters is 1. The number of ketones is 1. The molecule has 2 heterocycles. The lowest BCUT2D eigenvalue weighted by atomic mass is 10.3. The van der Waals surface area contributed by atoms with Gasteiger partial charge in [-0.3, -0.25) is 14.4 Å². The normalized spacial score (nSPS) is 10.7. The van der Waals surface area contributed by atoms with Crippen molar-refractivity contribution >= 4 is 45.2 Å². The number of carbonyl (C=O) groups is 2. The summed E-state index contributed by atoms with van der Waals surface area (Å²) in [6.07, 6.45) is -0.270. The Morgan fingerprint density at radius 2 is 2.29 bits per heavy atom. The SMILES string of the molecule is CCOC(=O)CC(=O)CSc1nc2[nH]c(=O)cc(O)c2s1. The zero-order valence-corrected chi connectivity index (χ0v) is 12.7. The van der Waals surface area contributed by atoms with Gasteiger partial charge in [0.05, 0.1) is 12.4 Å². The minimum Gasteiger partial charge on any atom is -0.506 e. The van der Waals surface area contributed by atoms with Crippen molar-refractivity contribution in [1.29, 1.82) is 0 Å². The molecule has 112 valence electrons. The zero-order valence-electron chi connectivity index (χ0n) is 11.0. The highest BCUT2D eigenvalue weighted by atomic mass is 32.2. The van der Waals surface area contributed by atoms with E-state index >= 15 is 0 Å². The summed E-state index contributed by atoms with van der Waals surface area (Å²) in [5, 5.41) is 9.63. The van der Waals surface area contributed by atoms with E-state index in [0.717, 1.165) is 17.8 Å². The molecule has 0 saturated heterocycles. The number of carbonyl (C=O) groups excluding carboxylic acids is 2. The maximum absolute atomic E-state index is 11.6. The quantitative estimate of drug-likeness (QED) is 0.467. The summed E-state index contributed by atoms with van der Waals surface area (Å²) in [7, 11) is 0. The summed E-state index contributed by atoms with van der Waals surface area (Å²) in [6.45, 7) is 1.91. The molecule has 0 aromatic carbocycles. The Kier molecular flexibility index (Phi) is 4.97. The van der Waals surface area contributed by atoms with Gasteiger partial charge in [0, 0.05) is 6.07 Å². The number of fused-ring (bicyclic) bond motifs is 1. The van der Waals surface area contributed by atoms with Crippen LogP contribution in [0.2, 0.25) is 0 Å². The second-order valence-electron chi connectivity index (χ2n) is 3.99. The fourth-order valence-corrected chi connectivity index (χ4v) is 3.40. The fourth-order valence-electron chi connectivity index (χ4n) is 1.53. The number of aromatic nitrogens is 2. The molecule has 0 aliphatic heterocycles. The van der Waals surface area contributed by atoms with Crippen LogP contribution >= 0.6 is 23.1 Å². The van der Waals surface area contributed by atoms with E-state index in [2.05, 4.69) is 14.7 Å². The molecule has 2 N–H and O–H groups in total. The smallest absolute Gasteiger partial charge is 0.313 e. The van der Waals surface area contributed by atoms with Crippen molar-refractivity contribution in [3.05, 3.63) is 16.4 Å². The Morgan fingerprint density at radius 1 is 1.52 bits per heavy atom. The van der Waals surface area contributed by atoms with Gasteiger partial charge in [0.1, 0.15) is 16.9 Å². The van der Waals surface area contributed by atoms with Gasteiger partial charge < -0.3 is 14.8 Å².